The number of unbranched alkanes of at least 4 members (excludes halogenated alkanes) is 3. The minimum absolute atomic E-state index is 0.253. The summed E-state index contributed by atoms with van der Waals surface area (Å²) in [6.45, 7) is 3.70. The number of halogens is 1. The summed E-state index contributed by atoms with van der Waals surface area (Å²) < 4.78 is 0. The molecule has 0 saturated heterocycles. The van der Waals surface area contributed by atoms with E-state index in [-0.39, 0.29) is 6.10 Å². The van der Waals surface area contributed by atoms with Gasteiger partial charge in [0.05, 0.1) is 6.10 Å². The van der Waals surface area contributed by atoms with E-state index in [9.17, 15) is 5.11 Å². The van der Waals surface area contributed by atoms with E-state index < -0.39 is 0 Å². The molecule has 0 amide bonds. The lowest BCUT2D eigenvalue weighted by Crippen LogP contribution is -2.10. The monoisotopic (exact) mass is 252 g/mol. The minimum Gasteiger partial charge on any atom is -0.393 e. The standard InChI is InChI=1S/C15H21ClO/c1-2-3-4-5-6-10-15(17)12-13-8-7-9-14(16)11-13/h2,7-9,11,15,17H,1,3-6,10,12H2. The highest BCUT2D eigenvalue weighted by molar-refractivity contribution is 6.30. The normalized spacial score (nSPS) is 12.4. The van der Waals surface area contributed by atoms with Crippen molar-refractivity contribution in [1.82, 2.24) is 0 Å². The lowest BCUT2D eigenvalue weighted by Gasteiger charge is -2.10. The second-order valence-electron chi connectivity index (χ2n) is 4.41. The molecule has 17 heavy (non-hydrogen) atoms. The van der Waals surface area contributed by atoms with Crippen molar-refractivity contribution >= 4 is 11.6 Å². The molecule has 0 spiro atoms. The van der Waals surface area contributed by atoms with Gasteiger partial charge < -0.3 is 5.11 Å². The van der Waals surface area contributed by atoms with Gasteiger partial charge in [-0.2, -0.15) is 0 Å². The first-order valence-corrected chi connectivity index (χ1v) is 6.63. The third kappa shape index (κ3) is 6.50. The molecule has 1 nitrogen and oxygen atoms in total. The molecule has 0 aliphatic carbocycles. The highest BCUT2D eigenvalue weighted by Gasteiger charge is 2.05. The topological polar surface area (TPSA) is 20.2 Å². The number of benzene rings is 1. The summed E-state index contributed by atoms with van der Waals surface area (Å²) in [5, 5.41) is 10.6. The highest BCUT2D eigenvalue weighted by Crippen LogP contribution is 2.14. The van der Waals surface area contributed by atoms with Crippen LogP contribution >= 0.6 is 11.6 Å². The van der Waals surface area contributed by atoms with E-state index >= 15 is 0 Å². The Labute approximate surface area is 109 Å². The molecule has 1 atom stereocenters. The lowest BCUT2D eigenvalue weighted by molar-refractivity contribution is 0.161. The Kier molecular flexibility index (Phi) is 6.99. The molecule has 0 heterocycles. The first-order valence-electron chi connectivity index (χ1n) is 6.26. The van der Waals surface area contributed by atoms with Crippen molar-refractivity contribution in [3.05, 3.63) is 47.5 Å². The van der Waals surface area contributed by atoms with Crippen LogP contribution in [0.15, 0.2) is 36.9 Å². The van der Waals surface area contributed by atoms with Crippen LogP contribution in [0.25, 0.3) is 0 Å². The van der Waals surface area contributed by atoms with Crippen molar-refractivity contribution in [3.8, 4) is 0 Å². The van der Waals surface area contributed by atoms with Gasteiger partial charge in [-0.05, 0) is 43.4 Å². The number of hydrogen-bond donors (Lipinski definition) is 1. The van der Waals surface area contributed by atoms with Gasteiger partial charge in [-0.1, -0.05) is 42.7 Å². The van der Waals surface area contributed by atoms with Gasteiger partial charge in [0.1, 0.15) is 0 Å². The molecule has 0 aromatic heterocycles. The van der Waals surface area contributed by atoms with Crippen molar-refractivity contribution in [3.63, 3.8) is 0 Å². The summed E-state index contributed by atoms with van der Waals surface area (Å²) in [5.41, 5.74) is 1.11. The van der Waals surface area contributed by atoms with Gasteiger partial charge in [0.25, 0.3) is 0 Å². The van der Waals surface area contributed by atoms with E-state index in [1.54, 1.807) is 0 Å². The van der Waals surface area contributed by atoms with E-state index in [2.05, 4.69) is 6.58 Å². The van der Waals surface area contributed by atoms with Crippen LogP contribution in [0, 0.1) is 0 Å². The SMILES string of the molecule is C=CCCCCCC(O)Cc1cccc(Cl)c1. The second-order valence-corrected chi connectivity index (χ2v) is 4.85. The zero-order chi connectivity index (χ0) is 12.5. The Hall–Kier alpha value is -0.790. The summed E-state index contributed by atoms with van der Waals surface area (Å²) in [6.07, 6.45) is 7.75. The zero-order valence-electron chi connectivity index (χ0n) is 10.2. The van der Waals surface area contributed by atoms with Crippen molar-refractivity contribution in [1.29, 1.82) is 0 Å². The first kappa shape index (κ1) is 14.3. The molecule has 1 aromatic carbocycles. The number of rotatable bonds is 8. The van der Waals surface area contributed by atoms with Crippen molar-refractivity contribution in [2.45, 2.75) is 44.6 Å². The molecule has 0 radical (unpaired) electrons. The summed E-state index contributed by atoms with van der Waals surface area (Å²) in [5.74, 6) is 0. The first-order chi connectivity index (χ1) is 8.22. The van der Waals surface area contributed by atoms with Crippen LogP contribution < -0.4 is 0 Å². The molecule has 2 heteroatoms. The average Bonchev–Trinajstić information content (AvgIpc) is 2.29. The Morgan fingerprint density at radius 2 is 2.12 bits per heavy atom. The van der Waals surface area contributed by atoms with Gasteiger partial charge in [-0.15, -0.1) is 6.58 Å². The highest BCUT2D eigenvalue weighted by atomic mass is 35.5. The van der Waals surface area contributed by atoms with Gasteiger partial charge in [0.15, 0.2) is 0 Å². The molecule has 1 N–H and O–H groups in total. The molecule has 0 aliphatic heterocycles. The molecule has 1 rings (SSSR count). The maximum atomic E-state index is 9.89. The van der Waals surface area contributed by atoms with E-state index in [1.807, 2.05) is 30.3 Å². The van der Waals surface area contributed by atoms with Gasteiger partial charge >= 0.3 is 0 Å². The smallest absolute Gasteiger partial charge is 0.0580 e. The number of allylic oxidation sites excluding steroid dienone is 1. The van der Waals surface area contributed by atoms with E-state index in [0.29, 0.717) is 6.42 Å². The summed E-state index contributed by atoms with van der Waals surface area (Å²) in [6, 6.07) is 7.70. The van der Waals surface area contributed by atoms with E-state index in [1.165, 1.54) is 12.8 Å². The Morgan fingerprint density at radius 1 is 1.29 bits per heavy atom. The summed E-state index contributed by atoms with van der Waals surface area (Å²) in [7, 11) is 0. The Bertz CT molecular complexity index is 335. The molecule has 94 valence electrons. The van der Waals surface area contributed by atoms with Crippen molar-refractivity contribution in [2.24, 2.45) is 0 Å². The minimum atomic E-state index is -0.253. The fraction of sp³-hybridized carbons (Fsp3) is 0.467. The molecule has 1 unspecified atom stereocenters. The van der Waals surface area contributed by atoms with E-state index in [4.69, 9.17) is 11.6 Å². The van der Waals surface area contributed by atoms with Crippen molar-refractivity contribution < 1.29 is 5.11 Å². The maximum Gasteiger partial charge on any atom is 0.0580 e. The van der Waals surface area contributed by atoms with Gasteiger partial charge in [0, 0.05) is 5.02 Å². The van der Waals surface area contributed by atoms with Crippen LogP contribution in [-0.4, -0.2) is 11.2 Å². The molecular weight excluding hydrogens is 232 g/mol. The van der Waals surface area contributed by atoms with Crippen LogP contribution in [0.5, 0.6) is 0 Å². The predicted molar refractivity (Wildman–Crippen MR) is 74.4 cm³/mol. The quantitative estimate of drug-likeness (QED) is 0.538. The van der Waals surface area contributed by atoms with Crippen LogP contribution in [0.2, 0.25) is 5.02 Å². The molecule has 0 saturated carbocycles. The van der Waals surface area contributed by atoms with Gasteiger partial charge in [-0.3, -0.25) is 0 Å². The Morgan fingerprint density at radius 3 is 2.82 bits per heavy atom. The van der Waals surface area contributed by atoms with Gasteiger partial charge in [-0.25, -0.2) is 0 Å². The number of aliphatic hydroxyl groups excluding tert-OH is 1. The maximum absolute atomic E-state index is 9.89. The van der Waals surface area contributed by atoms with Crippen LogP contribution in [-0.2, 0) is 6.42 Å². The number of aliphatic hydroxyl groups is 1. The third-order valence-electron chi connectivity index (χ3n) is 2.81. The van der Waals surface area contributed by atoms with Gasteiger partial charge in [0.2, 0.25) is 0 Å². The third-order valence-corrected chi connectivity index (χ3v) is 3.04. The molecular formula is C15H21ClO. The van der Waals surface area contributed by atoms with Crippen LogP contribution in [0.3, 0.4) is 0 Å². The molecule has 1 aromatic rings. The number of hydrogen-bond acceptors (Lipinski definition) is 1. The molecule has 0 fully saturated rings. The summed E-state index contributed by atoms with van der Waals surface area (Å²) in [4.78, 5) is 0. The molecule has 0 bridgehead atoms. The molecule has 0 aliphatic rings. The van der Waals surface area contributed by atoms with Crippen LogP contribution in [0.4, 0.5) is 0 Å². The lowest BCUT2D eigenvalue weighted by atomic mass is 10.0. The fourth-order valence-electron chi connectivity index (χ4n) is 1.88. The van der Waals surface area contributed by atoms with Crippen molar-refractivity contribution in [2.75, 3.05) is 0 Å². The zero-order valence-corrected chi connectivity index (χ0v) is 11.0. The Balaban J connectivity index is 2.20. The largest absolute Gasteiger partial charge is 0.393 e. The predicted octanol–water partition coefficient (Wildman–Crippen LogP) is 4.38. The van der Waals surface area contributed by atoms with E-state index in [0.717, 1.165) is 29.8 Å². The summed E-state index contributed by atoms with van der Waals surface area (Å²) >= 11 is 5.90. The van der Waals surface area contributed by atoms with Crippen LogP contribution in [0.1, 0.15) is 37.7 Å². The fourth-order valence-corrected chi connectivity index (χ4v) is 2.10. The second kappa shape index (κ2) is 8.32. The average molecular weight is 253 g/mol.